The van der Waals surface area contributed by atoms with Crippen LogP contribution in [0.3, 0.4) is 0 Å². The number of carboxylic acid groups (broad SMARTS) is 1. The molecule has 0 aromatic carbocycles. The molecule has 1 saturated heterocycles. The van der Waals surface area contributed by atoms with E-state index in [0.717, 1.165) is 43.0 Å². The van der Waals surface area contributed by atoms with Crippen molar-refractivity contribution in [2.45, 2.75) is 19.9 Å². The summed E-state index contributed by atoms with van der Waals surface area (Å²) in [5, 5.41) is 8.94. The summed E-state index contributed by atoms with van der Waals surface area (Å²) in [5.74, 6) is -0.224. The third kappa shape index (κ3) is 2.86. The second-order valence-electron chi connectivity index (χ2n) is 4.62. The second-order valence-corrected chi connectivity index (χ2v) is 5.88. The summed E-state index contributed by atoms with van der Waals surface area (Å²) in [5.41, 5.74) is 6.80. The number of aryl methyl sites for hydroxylation is 1. The van der Waals surface area contributed by atoms with Crippen molar-refractivity contribution in [1.82, 2.24) is 4.90 Å². The lowest BCUT2D eigenvalue weighted by molar-refractivity contribution is 0.0702. The average Bonchev–Trinajstić information content (AvgIpc) is 2.87. The molecule has 0 spiro atoms. The number of thiophene rings is 1. The lowest BCUT2D eigenvalue weighted by Gasteiger charge is -2.15. The lowest BCUT2D eigenvalue weighted by atomic mass is 10.1. The van der Waals surface area contributed by atoms with Gasteiger partial charge in [-0.05, 0) is 44.0 Å². The maximum absolute atomic E-state index is 10.9. The second kappa shape index (κ2) is 5.16. The SMILES string of the molecule is Cc1sc(C(=O)O)cc1CN1CCC(CN)C1. The number of likely N-dealkylation sites (tertiary alicyclic amines) is 1. The van der Waals surface area contributed by atoms with Crippen LogP contribution in [0.5, 0.6) is 0 Å². The molecule has 4 nitrogen and oxygen atoms in total. The van der Waals surface area contributed by atoms with Crippen molar-refractivity contribution in [1.29, 1.82) is 0 Å². The summed E-state index contributed by atoms with van der Waals surface area (Å²) in [6.45, 7) is 5.70. The molecule has 0 amide bonds. The maximum atomic E-state index is 10.9. The van der Waals surface area contributed by atoms with Crippen molar-refractivity contribution < 1.29 is 9.90 Å². The Kier molecular flexibility index (Phi) is 3.81. The minimum absolute atomic E-state index is 0.437. The highest BCUT2D eigenvalue weighted by molar-refractivity contribution is 7.14. The van der Waals surface area contributed by atoms with Gasteiger partial charge < -0.3 is 10.8 Å². The number of aromatic carboxylic acids is 1. The Bertz CT molecular complexity index is 417. The van der Waals surface area contributed by atoms with Gasteiger partial charge in [0.15, 0.2) is 0 Å². The zero-order valence-electron chi connectivity index (χ0n) is 9.98. The fourth-order valence-electron chi connectivity index (χ4n) is 2.27. The number of nitrogens with two attached hydrogens (primary N) is 1. The third-order valence-corrected chi connectivity index (χ3v) is 4.41. The standard InChI is InChI=1S/C12H18N2O2S/c1-8-10(4-11(17-8)12(15)16)7-14-3-2-9(5-13)6-14/h4,9H,2-3,5-7,13H2,1H3,(H,15,16). The van der Waals surface area contributed by atoms with Gasteiger partial charge in [-0.1, -0.05) is 0 Å². The molecule has 1 atom stereocenters. The summed E-state index contributed by atoms with van der Waals surface area (Å²) in [6, 6.07) is 1.80. The number of rotatable bonds is 4. The number of nitrogens with zero attached hydrogens (tertiary/aromatic N) is 1. The summed E-state index contributed by atoms with van der Waals surface area (Å²) < 4.78 is 0. The van der Waals surface area contributed by atoms with E-state index in [1.165, 1.54) is 11.3 Å². The molecule has 1 aliphatic rings. The summed E-state index contributed by atoms with van der Waals surface area (Å²) >= 11 is 1.36. The molecule has 0 aliphatic carbocycles. The maximum Gasteiger partial charge on any atom is 0.345 e. The smallest absolute Gasteiger partial charge is 0.345 e. The van der Waals surface area contributed by atoms with Crippen molar-refractivity contribution in [3.8, 4) is 0 Å². The van der Waals surface area contributed by atoms with E-state index in [0.29, 0.717) is 10.8 Å². The molecule has 1 unspecified atom stereocenters. The quantitative estimate of drug-likeness (QED) is 0.855. The normalized spacial score (nSPS) is 20.9. The first kappa shape index (κ1) is 12.5. The molecular formula is C12H18N2O2S. The third-order valence-electron chi connectivity index (χ3n) is 3.33. The fraction of sp³-hybridized carbons (Fsp3) is 0.583. The van der Waals surface area contributed by atoms with Gasteiger partial charge >= 0.3 is 5.97 Å². The molecule has 0 saturated carbocycles. The van der Waals surface area contributed by atoms with Gasteiger partial charge in [0.05, 0.1) is 0 Å². The molecule has 17 heavy (non-hydrogen) atoms. The van der Waals surface area contributed by atoms with E-state index in [-0.39, 0.29) is 0 Å². The van der Waals surface area contributed by atoms with Crippen LogP contribution in [0.4, 0.5) is 0 Å². The van der Waals surface area contributed by atoms with Gasteiger partial charge in [0.25, 0.3) is 0 Å². The first-order chi connectivity index (χ1) is 8.10. The van der Waals surface area contributed by atoms with Crippen molar-refractivity contribution in [3.63, 3.8) is 0 Å². The predicted octanol–water partition coefficient (Wildman–Crippen LogP) is 1.54. The van der Waals surface area contributed by atoms with Crippen LogP contribution in [0.25, 0.3) is 0 Å². The first-order valence-corrected chi connectivity index (χ1v) is 6.67. The molecule has 3 N–H and O–H groups in total. The number of hydrogen-bond acceptors (Lipinski definition) is 4. The Morgan fingerprint density at radius 2 is 2.47 bits per heavy atom. The van der Waals surface area contributed by atoms with Crippen LogP contribution in [-0.4, -0.2) is 35.6 Å². The van der Waals surface area contributed by atoms with E-state index in [1.807, 2.05) is 6.92 Å². The van der Waals surface area contributed by atoms with E-state index in [9.17, 15) is 4.79 Å². The van der Waals surface area contributed by atoms with Crippen molar-refractivity contribution in [2.24, 2.45) is 11.7 Å². The van der Waals surface area contributed by atoms with E-state index in [4.69, 9.17) is 10.8 Å². The number of carbonyl (C=O) groups is 1. The van der Waals surface area contributed by atoms with Gasteiger partial charge in [-0.15, -0.1) is 11.3 Å². The van der Waals surface area contributed by atoms with E-state index >= 15 is 0 Å². The topological polar surface area (TPSA) is 66.6 Å². The van der Waals surface area contributed by atoms with E-state index < -0.39 is 5.97 Å². The molecule has 2 heterocycles. The van der Waals surface area contributed by atoms with E-state index in [1.54, 1.807) is 6.07 Å². The Labute approximate surface area is 105 Å². The average molecular weight is 254 g/mol. The van der Waals surface area contributed by atoms with Gasteiger partial charge in [-0.2, -0.15) is 0 Å². The summed E-state index contributed by atoms with van der Waals surface area (Å²) in [7, 11) is 0. The summed E-state index contributed by atoms with van der Waals surface area (Å²) in [4.78, 5) is 14.8. The molecule has 1 aromatic rings. The zero-order valence-corrected chi connectivity index (χ0v) is 10.8. The van der Waals surface area contributed by atoms with E-state index in [2.05, 4.69) is 4.90 Å². The number of hydrogen-bond donors (Lipinski definition) is 2. The molecule has 2 rings (SSSR count). The fourth-order valence-corrected chi connectivity index (χ4v) is 3.14. The van der Waals surface area contributed by atoms with Crippen LogP contribution in [0, 0.1) is 12.8 Å². The first-order valence-electron chi connectivity index (χ1n) is 5.85. The zero-order chi connectivity index (χ0) is 12.4. The number of carboxylic acids is 1. The van der Waals surface area contributed by atoms with Gasteiger partial charge in [0.2, 0.25) is 0 Å². The Hall–Kier alpha value is -0.910. The van der Waals surface area contributed by atoms with Crippen molar-refractivity contribution >= 4 is 17.3 Å². The van der Waals surface area contributed by atoms with Crippen LogP contribution in [0.15, 0.2) is 6.07 Å². The molecule has 1 aromatic heterocycles. The highest BCUT2D eigenvalue weighted by atomic mass is 32.1. The minimum Gasteiger partial charge on any atom is -0.477 e. The van der Waals surface area contributed by atoms with Crippen LogP contribution < -0.4 is 5.73 Å². The minimum atomic E-state index is -0.828. The van der Waals surface area contributed by atoms with Crippen LogP contribution >= 0.6 is 11.3 Å². The Morgan fingerprint density at radius 3 is 3.00 bits per heavy atom. The molecule has 0 bridgehead atoms. The Morgan fingerprint density at radius 1 is 1.71 bits per heavy atom. The van der Waals surface area contributed by atoms with Gasteiger partial charge in [0.1, 0.15) is 4.88 Å². The molecule has 1 aliphatic heterocycles. The molecule has 5 heteroatoms. The highest BCUT2D eigenvalue weighted by Crippen LogP contribution is 2.25. The van der Waals surface area contributed by atoms with Gasteiger partial charge in [-0.25, -0.2) is 4.79 Å². The molecule has 0 radical (unpaired) electrons. The highest BCUT2D eigenvalue weighted by Gasteiger charge is 2.22. The summed E-state index contributed by atoms with van der Waals surface area (Å²) in [6.07, 6.45) is 1.16. The largest absolute Gasteiger partial charge is 0.477 e. The lowest BCUT2D eigenvalue weighted by Crippen LogP contribution is -2.22. The van der Waals surface area contributed by atoms with Crippen molar-refractivity contribution in [3.05, 3.63) is 21.4 Å². The Balaban J connectivity index is 2.01. The molecule has 1 fully saturated rings. The van der Waals surface area contributed by atoms with Gasteiger partial charge in [0, 0.05) is 18.0 Å². The molecular weight excluding hydrogens is 236 g/mol. The molecule has 94 valence electrons. The monoisotopic (exact) mass is 254 g/mol. The van der Waals surface area contributed by atoms with Crippen molar-refractivity contribution in [2.75, 3.05) is 19.6 Å². The van der Waals surface area contributed by atoms with Crippen LogP contribution in [0.1, 0.15) is 26.5 Å². The van der Waals surface area contributed by atoms with Crippen LogP contribution in [0.2, 0.25) is 0 Å². The van der Waals surface area contributed by atoms with Crippen LogP contribution in [-0.2, 0) is 6.54 Å². The van der Waals surface area contributed by atoms with Gasteiger partial charge in [-0.3, -0.25) is 4.90 Å². The predicted molar refractivity (Wildman–Crippen MR) is 68.5 cm³/mol.